The first kappa shape index (κ1) is 12.0. The summed E-state index contributed by atoms with van der Waals surface area (Å²) in [5.74, 6) is 1.73. The van der Waals surface area contributed by atoms with Crippen LogP contribution in [0.4, 0.5) is 4.79 Å². The van der Waals surface area contributed by atoms with Crippen LogP contribution >= 0.6 is 0 Å². The van der Waals surface area contributed by atoms with Crippen molar-refractivity contribution in [3.05, 3.63) is 0 Å². The van der Waals surface area contributed by atoms with Gasteiger partial charge in [0.2, 0.25) is 0 Å². The molecule has 0 heterocycles. The summed E-state index contributed by atoms with van der Waals surface area (Å²) in [5.41, 5.74) is 8.46. The molecular formula is C11H21N3O. The largest absolute Gasteiger partial charge is 0.350 e. The number of carbonyl (C=O) groups excluding carboxylic acids is 1. The Bertz CT molecular complexity index is 261. The van der Waals surface area contributed by atoms with E-state index in [4.69, 9.17) is 5.73 Å². The Hall–Kier alpha value is -1.06. The summed E-state index contributed by atoms with van der Waals surface area (Å²) >= 11 is 0. The number of rotatable bonds is 2. The van der Waals surface area contributed by atoms with Crippen molar-refractivity contribution in [1.29, 1.82) is 0 Å². The predicted octanol–water partition coefficient (Wildman–Crippen LogP) is 2.10. The van der Waals surface area contributed by atoms with Gasteiger partial charge in [0.15, 0.2) is 0 Å². The van der Waals surface area contributed by atoms with Gasteiger partial charge in [0.25, 0.3) is 0 Å². The van der Waals surface area contributed by atoms with Gasteiger partial charge in [-0.05, 0) is 31.1 Å². The van der Waals surface area contributed by atoms with Gasteiger partial charge < -0.3 is 5.73 Å². The SMILES string of the molecule is CC1CCC(C(C)C)/C(=N/NC(N)=O)C1. The van der Waals surface area contributed by atoms with Crippen LogP contribution in [0.15, 0.2) is 5.10 Å². The maximum Gasteiger partial charge on any atom is 0.332 e. The fraction of sp³-hybridized carbons (Fsp3) is 0.818. The van der Waals surface area contributed by atoms with E-state index < -0.39 is 6.03 Å². The zero-order valence-corrected chi connectivity index (χ0v) is 9.79. The summed E-state index contributed by atoms with van der Waals surface area (Å²) in [6.45, 7) is 6.61. The highest BCUT2D eigenvalue weighted by molar-refractivity contribution is 5.88. The Balaban J connectivity index is 2.69. The quantitative estimate of drug-likeness (QED) is 0.675. The third-order valence-electron chi connectivity index (χ3n) is 3.07. The van der Waals surface area contributed by atoms with Crippen LogP contribution < -0.4 is 11.2 Å². The third-order valence-corrected chi connectivity index (χ3v) is 3.07. The van der Waals surface area contributed by atoms with Crippen molar-refractivity contribution in [3.8, 4) is 0 Å². The van der Waals surface area contributed by atoms with E-state index >= 15 is 0 Å². The number of urea groups is 1. The normalized spacial score (nSPS) is 29.5. The molecule has 4 nitrogen and oxygen atoms in total. The number of hydrogen-bond donors (Lipinski definition) is 2. The molecule has 2 unspecified atom stereocenters. The Kier molecular flexibility index (Phi) is 4.12. The summed E-state index contributed by atoms with van der Waals surface area (Å²) in [6.07, 6.45) is 3.39. The molecule has 86 valence electrons. The van der Waals surface area contributed by atoms with Gasteiger partial charge in [-0.25, -0.2) is 10.2 Å². The lowest BCUT2D eigenvalue weighted by Crippen LogP contribution is -2.32. The summed E-state index contributed by atoms with van der Waals surface area (Å²) in [4.78, 5) is 10.6. The Labute approximate surface area is 91.3 Å². The van der Waals surface area contributed by atoms with Crippen molar-refractivity contribution >= 4 is 11.7 Å². The van der Waals surface area contributed by atoms with Crippen LogP contribution in [0.1, 0.15) is 40.0 Å². The van der Waals surface area contributed by atoms with Crippen LogP contribution in [-0.4, -0.2) is 11.7 Å². The molecule has 1 rings (SSSR count). The smallest absolute Gasteiger partial charge is 0.332 e. The Morgan fingerprint density at radius 1 is 1.53 bits per heavy atom. The monoisotopic (exact) mass is 211 g/mol. The molecule has 15 heavy (non-hydrogen) atoms. The number of nitrogens with zero attached hydrogens (tertiary/aromatic N) is 1. The van der Waals surface area contributed by atoms with E-state index in [0.717, 1.165) is 18.6 Å². The van der Waals surface area contributed by atoms with Gasteiger partial charge in [-0.15, -0.1) is 0 Å². The van der Waals surface area contributed by atoms with Crippen molar-refractivity contribution in [2.45, 2.75) is 40.0 Å². The van der Waals surface area contributed by atoms with Crippen LogP contribution in [0.2, 0.25) is 0 Å². The van der Waals surface area contributed by atoms with E-state index in [1.807, 2.05) is 0 Å². The van der Waals surface area contributed by atoms with Gasteiger partial charge in [0.05, 0.1) is 0 Å². The molecule has 0 aromatic heterocycles. The maximum absolute atomic E-state index is 10.6. The van der Waals surface area contributed by atoms with Crippen LogP contribution in [0.25, 0.3) is 0 Å². The fourth-order valence-corrected chi connectivity index (χ4v) is 2.21. The minimum absolute atomic E-state index is 0.494. The molecular weight excluding hydrogens is 190 g/mol. The van der Waals surface area contributed by atoms with E-state index in [9.17, 15) is 4.79 Å². The number of nitrogens with two attached hydrogens (primary N) is 1. The highest BCUT2D eigenvalue weighted by Gasteiger charge is 2.27. The molecule has 2 amide bonds. The molecule has 1 aliphatic rings. The predicted molar refractivity (Wildman–Crippen MR) is 61.5 cm³/mol. The second-order valence-corrected chi connectivity index (χ2v) is 4.82. The van der Waals surface area contributed by atoms with Crippen molar-refractivity contribution < 1.29 is 4.79 Å². The molecule has 0 spiro atoms. The van der Waals surface area contributed by atoms with Gasteiger partial charge in [0, 0.05) is 11.6 Å². The molecule has 0 aromatic carbocycles. The van der Waals surface area contributed by atoms with E-state index in [2.05, 4.69) is 31.3 Å². The maximum atomic E-state index is 10.6. The summed E-state index contributed by atoms with van der Waals surface area (Å²) in [7, 11) is 0. The molecule has 0 aliphatic heterocycles. The van der Waals surface area contributed by atoms with Crippen LogP contribution in [-0.2, 0) is 0 Å². The molecule has 4 heteroatoms. The molecule has 0 aromatic rings. The molecule has 1 fully saturated rings. The number of hydrogen-bond acceptors (Lipinski definition) is 2. The fourth-order valence-electron chi connectivity index (χ4n) is 2.21. The molecule has 3 N–H and O–H groups in total. The van der Waals surface area contributed by atoms with Gasteiger partial charge in [-0.2, -0.15) is 5.10 Å². The first-order valence-electron chi connectivity index (χ1n) is 5.62. The van der Waals surface area contributed by atoms with Gasteiger partial charge in [-0.1, -0.05) is 20.8 Å². The van der Waals surface area contributed by atoms with Gasteiger partial charge >= 0.3 is 6.03 Å². The topological polar surface area (TPSA) is 67.5 Å². The molecule has 1 aliphatic carbocycles. The standard InChI is InChI=1S/C11H21N3O/c1-7(2)9-5-4-8(3)6-10(9)13-14-11(12)15/h7-9H,4-6H2,1-3H3,(H3,12,14,15)/b13-10+. The average molecular weight is 211 g/mol. The van der Waals surface area contributed by atoms with Crippen molar-refractivity contribution in [1.82, 2.24) is 5.43 Å². The second kappa shape index (κ2) is 5.14. The lowest BCUT2D eigenvalue weighted by atomic mass is 9.76. The Morgan fingerprint density at radius 3 is 2.73 bits per heavy atom. The molecule has 2 atom stereocenters. The minimum atomic E-state index is -0.580. The first-order valence-corrected chi connectivity index (χ1v) is 5.62. The molecule has 1 saturated carbocycles. The van der Waals surface area contributed by atoms with Crippen LogP contribution in [0.3, 0.4) is 0 Å². The van der Waals surface area contributed by atoms with Crippen LogP contribution in [0.5, 0.6) is 0 Å². The van der Waals surface area contributed by atoms with E-state index in [-0.39, 0.29) is 0 Å². The summed E-state index contributed by atoms with van der Waals surface area (Å²) in [5, 5.41) is 4.13. The highest BCUT2D eigenvalue weighted by Crippen LogP contribution is 2.30. The zero-order chi connectivity index (χ0) is 11.4. The van der Waals surface area contributed by atoms with Crippen molar-refractivity contribution in [2.24, 2.45) is 28.6 Å². The molecule has 0 radical (unpaired) electrons. The molecule has 0 saturated heterocycles. The number of primary amides is 1. The van der Waals surface area contributed by atoms with E-state index in [0.29, 0.717) is 17.8 Å². The van der Waals surface area contributed by atoms with E-state index in [1.165, 1.54) is 6.42 Å². The van der Waals surface area contributed by atoms with Gasteiger partial charge in [0.1, 0.15) is 0 Å². The number of carbonyl (C=O) groups is 1. The molecule has 0 bridgehead atoms. The second-order valence-electron chi connectivity index (χ2n) is 4.82. The van der Waals surface area contributed by atoms with Gasteiger partial charge in [-0.3, -0.25) is 0 Å². The van der Waals surface area contributed by atoms with Crippen molar-refractivity contribution in [2.75, 3.05) is 0 Å². The summed E-state index contributed by atoms with van der Waals surface area (Å²) < 4.78 is 0. The highest BCUT2D eigenvalue weighted by atomic mass is 16.2. The first-order chi connectivity index (χ1) is 7.00. The lowest BCUT2D eigenvalue weighted by molar-refractivity contribution is 0.249. The lowest BCUT2D eigenvalue weighted by Gasteiger charge is -2.30. The minimum Gasteiger partial charge on any atom is -0.350 e. The summed E-state index contributed by atoms with van der Waals surface area (Å²) in [6, 6.07) is -0.580. The van der Waals surface area contributed by atoms with Crippen LogP contribution in [0, 0.1) is 17.8 Å². The van der Waals surface area contributed by atoms with E-state index in [1.54, 1.807) is 0 Å². The number of hydrazone groups is 1. The Morgan fingerprint density at radius 2 is 2.20 bits per heavy atom. The third kappa shape index (κ3) is 3.53. The van der Waals surface area contributed by atoms with Crippen molar-refractivity contribution in [3.63, 3.8) is 0 Å². The number of nitrogens with one attached hydrogen (secondary N) is 1. The average Bonchev–Trinajstić information content (AvgIpc) is 2.14. The zero-order valence-electron chi connectivity index (χ0n) is 9.79. The number of amides is 2.